The number of carbonyl (C=O) groups is 1. The highest BCUT2D eigenvalue weighted by Crippen LogP contribution is 1.91. The number of carbonyl (C=O) groups excluding carboxylic acids is 1. The van der Waals surface area contributed by atoms with Gasteiger partial charge in [-0.05, 0) is 12.1 Å². The maximum Gasteiger partial charge on any atom is 0.216 e. The molecule has 0 spiro atoms. The minimum atomic E-state index is -0.0202. The Bertz CT molecular complexity index is 349. The Labute approximate surface area is 83.6 Å². The summed E-state index contributed by atoms with van der Waals surface area (Å²) in [6.07, 6.45) is 4.09. The summed E-state index contributed by atoms with van der Waals surface area (Å²) in [5, 5.41) is 2.67. The van der Waals surface area contributed by atoms with Gasteiger partial charge in [-0.3, -0.25) is 9.78 Å². The van der Waals surface area contributed by atoms with Gasteiger partial charge in [-0.2, -0.15) is 0 Å². The zero-order valence-corrected chi connectivity index (χ0v) is 8.08. The summed E-state index contributed by atoms with van der Waals surface area (Å²) in [6, 6.07) is 3.75. The summed E-state index contributed by atoms with van der Waals surface area (Å²) in [5.41, 5.74) is 0.898. The molecule has 14 heavy (non-hydrogen) atoms. The average Bonchev–Trinajstić information content (AvgIpc) is 2.18. The second-order valence-electron chi connectivity index (χ2n) is 2.78. The first-order chi connectivity index (χ1) is 6.79. The van der Waals surface area contributed by atoms with Crippen molar-refractivity contribution in [2.75, 3.05) is 6.54 Å². The summed E-state index contributed by atoms with van der Waals surface area (Å²) in [5.74, 6) is 5.89. The van der Waals surface area contributed by atoms with Crippen LogP contribution in [-0.2, 0) is 4.79 Å². The van der Waals surface area contributed by atoms with Crippen molar-refractivity contribution < 1.29 is 4.79 Å². The second kappa shape index (κ2) is 5.76. The molecule has 0 saturated carbocycles. The SMILES string of the molecule is CC(=O)NCCC#Cc1cccnc1. The zero-order valence-electron chi connectivity index (χ0n) is 8.08. The topological polar surface area (TPSA) is 42.0 Å². The molecule has 0 saturated heterocycles. The van der Waals surface area contributed by atoms with Crippen LogP contribution in [0.4, 0.5) is 0 Å². The second-order valence-corrected chi connectivity index (χ2v) is 2.78. The lowest BCUT2D eigenvalue weighted by molar-refractivity contribution is -0.118. The van der Waals surface area contributed by atoms with Crippen molar-refractivity contribution in [3.8, 4) is 11.8 Å². The Morgan fingerprint density at radius 2 is 2.50 bits per heavy atom. The maximum atomic E-state index is 10.5. The van der Waals surface area contributed by atoms with Crippen molar-refractivity contribution in [3.05, 3.63) is 30.1 Å². The first kappa shape index (κ1) is 10.3. The Kier molecular flexibility index (Phi) is 4.22. The molecule has 0 fully saturated rings. The van der Waals surface area contributed by atoms with Crippen LogP contribution in [0, 0.1) is 11.8 Å². The van der Waals surface area contributed by atoms with Crippen molar-refractivity contribution >= 4 is 5.91 Å². The number of hydrogen-bond donors (Lipinski definition) is 1. The van der Waals surface area contributed by atoms with Gasteiger partial charge in [0, 0.05) is 37.8 Å². The van der Waals surface area contributed by atoms with Crippen molar-refractivity contribution in [1.82, 2.24) is 10.3 Å². The Balaban J connectivity index is 2.31. The standard InChI is InChI=1S/C11H12N2O/c1-10(14)13-8-3-2-5-11-6-4-7-12-9-11/h4,6-7,9H,3,8H2,1H3,(H,13,14). The molecule has 1 aromatic rings. The Hall–Kier alpha value is -1.82. The van der Waals surface area contributed by atoms with Crippen LogP contribution in [0.15, 0.2) is 24.5 Å². The van der Waals surface area contributed by atoms with Crippen LogP contribution in [0.2, 0.25) is 0 Å². The fraction of sp³-hybridized carbons (Fsp3) is 0.273. The van der Waals surface area contributed by atoms with Crippen LogP contribution in [-0.4, -0.2) is 17.4 Å². The van der Waals surface area contributed by atoms with Gasteiger partial charge >= 0.3 is 0 Å². The van der Waals surface area contributed by atoms with E-state index in [-0.39, 0.29) is 5.91 Å². The predicted octanol–water partition coefficient (Wildman–Crippen LogP) is 0.959. The van der Waals surface area contributed by atoms with Crippen LogP contribution in [0.3, 0.4) is 0 Å². The largest absolute Gasteiger partial charge is 0.355 e. The van der Waals surface area contributed by atoms with Gasteiger partial charge in [0.25, 0.3) is 0 Å². The fourth-order valence-corrected chi connectivity index (χ4v) is 0.902. The van der Waals surface area contributed by atoms with E-state index >= 15 is 0 Å². The number of aromatic nitrogens is 1. The molecule has 0 radical (unpaired) electrons. The molecule has 0 aliphatic rings. The summed E-state index contributed by atoms with van der Waals surface area (Å²) >= 11 is 0. The van der Waals surface area contributed by atoms with E-state index in [0.717, 1.165) is 5.56 Å². The molecule has 1 aromatic heterocycles. The summed E-state index contributed by atoms with van der Waals surface area (Å²) in [7, 11) is 0. The molecule has 1 amide bonds. The minimum absolute atomic E-state index is 0.0202. The van der Waals surface area contributed by atoms with Gasteiger partial charge in [0.05, 0.1) is 0 Å². The van der Waals surface area contributed by atoms with Gasteiger partial charge < -0.3 is 5.32 Å². The predicted molar refractivity (Wildman–Crippen MR) is 54.4 cm³/mol. The first-order valence-electron chi connectivity index (χ1n) is 4.42. The molecular formula is C11H12N2O. The molecule has 1 rings (SSSR count). The van der Waals surface area contributed by atoms with Gasteiger partial charge in [0.2, 0.25) is 5.91 Å². The molecule has 0 bridgehead atoms. The van der Waals surface area contributed by atoms with Crippen LogP contribution in [0.1, 0.15) is 18.9 Å². The van der Waals surface area contributed by atoms with Crippen LogP contribution in [0.5, 0.6) is 0 Å². The lowest BCUT2D eigenvalue weighted by Crippen LogP contribution is -2.20. The number of hydrogen-bond acceptors (Lipinski definition) is 2. The Morgan fingerprint density at radius 1 is 1.64 bits per heavy atom. The number of amides is 1. The van der Waals surface area contributed by atoms with Gasteiger partial charge in [0.15, 0.2) is 0 Å². The monoisotopic (exact) mass is 188 g/mol. The molecular weight excluding hydrogens is 176 g/mol. The lowest BCUT2D eigenvalue weighted by atomic mass is 10.3. The van der Waals surface area contributed by atoms with E-state index in [1.807, 2.05) is 12.1 Å². The van der Waals surface area contributed by atoms with E-state index in [9.17, 15) is 4.79 Å². The molecule has 1 N–H and O–H groups in total. The highest BCUT2D eigenvalue weighted by molar-refractivity contribution is 5.72. The molecule has 3 nitrogen and oxygen atoms in total. The maximum absolute atomic E-state index is 10.5. The van der Waals surface area contributed by atoms with Crippen molar-refractivity contribution in [1.29, 1.82) is 0 Å². The van der Waals surface area contributed by atoms with E-state index in [1.165, 1.54) is 6.92 Å². The van der Waals surface area contributed by atoms with Gasteiger partial charge in [-0.1, -0.05) is 11.8 Å². The first-order valence-corrected chi connectivity index (χ1v) is 4.42. The smallest absolute Gasteiger partial charge is 0.216 e. The van der Waals surface area contributed by atoms with Crippen LogP contribution >= 0.6 is 0 Å². The number of nitrogens with zero attached hydrogens (tertiary/aromatic N) is 1. The molecule has 1 heterocycles. The molecule has 0 unspecified atom stereocenters. The van der Waals surface area contributed by atoms with Gasteiger partial charge in [-0.25, -0.2) is 0 Å². The number of nitrogens with one attached hydrogen (secondary N) is 1. The third-order valence-electron chi connectivity index (χ3n) is 1.52. The van der Waals surface area contributed by atoms with Gasteiger partial charge in [0.1, 0.15) is 0 Å². The van der Waals surface area contributed by atoms with Crippen molar-refractivity contribution in [2.45, 2.75) is 13.3 Å². The lowest BCUT2D eigenvalue weighted by Gasteiger charge is -1.94. The highest BCUT2D eigenvalue weighted by atomic mass is 16.1. The molecule has 0 aliphatic heterocycles. The van der Waals surface area contributed by atoms with E-state index in [1.54, 1.807) is 12.4 Å². The van der Waals surface area contributed by atoms with Crippen molar-refractivity contribution in [2.24, 2.45) is 0 Å². The third-order valence-corrected chi connectivity index (χ3v) is 1.52. The minimum Gasteiger partial charge on any atom is -0.355 e. The molecule has 0 aliphatic carbocycles. The Morgan fingerprint density at radius 3 is 3.14 bits per heavy atom. The third kappa shape index (κ3) is 4.27. The zero-order chi connectivity index (χ0) is 10.2. The van der Waals surface area contributed by atoms with Crippen molar-refractivity contribution in [3.63, 3.8) is 0 Å². The molecule has 3 heteroatoms. The average molecular weight is 188 g/mol. The van der Waals surface area contributed by atoms with E-state index in [0.29, 0.717) is 13.0 Å². The summed E-state index contributed by atoms with van der Waals surface area (Å²) in [6.45, 7) is 2.09. The normalized spacial score (nSPS) is 8.64. The number of pyridine rings is 1. The number of rotatable bonds is 2. The quantitative estimate of drug-likeness (QED) is 0.555. The molecule has 72 valence electrons. The summed E-state index contributed by atoms with van der Waals surface area (Å²) < 4.78 is 0. The van der Waals surface area contributed by atoms with E-state index in [2.05, 4.69) is 22.1 Å². The van der Waals surface area contributed by atoms with E-state index < -0.39 is 0 Å². The van der Waals surface area contributed by atoms with Gasteiger partial charge in [-0.15, -0.1) is 0 Å². The van der Waals surface area contributed by atoms with E-state index in [4.69, 9.17) is 0 Å². The van der Waals surface area contributed by atoms with Crippen LogP contribution < -0.4 is 5.32 Å². The summed E-state index contributed by atoms with van der Waals surface area (Å²) in [4.78, 5) is 14.4. The fourth-order valence-electron chi connectivity index (χ4n) is 0.902. The molecule has 0 aromatic carbocycles. The molecule has 0 atom stereocenters. The highest BCUT2D eigenvalue weighted by Gasteiger charge is 1.86. The van der Waals surface area contributed by atoms with Crippen LogP contribution in [0.25, 0.3) is 0 Å².